The average molecular weight is 240 g/mol. The van der Waals surface area contributed by atoms with Gasteiger partial charge in [0.2, 0.25) is 0 Å². The lowest BCUT2D eigenvalue weighted by atomic mass is 10.3. The summed E-state index contributed by atoms with van der Waals surface area (Å²) in [4.78, 5) is 0. The third-order valence-corrected chi connectivity index (χ3v) is 2.40. The molecule has 1 aromatic carbocycles. The Labute approximate surface area is 102 Å². The molecule has 0 N–H and O–H groups in total. The summed E-state index contributed by atoms with van der Waals surface area (Å²) in [5.41, 5.74) is 0.815. The van der Waals surface area contributed by atoms with Crippen molar-refractivity contribution in [1.29, 1.82) is 0 Å². The van der Waals surface area contributed by atoms with Crippen LogP contribution >= 0.6 is 11.6 Å². The van der Waals surface area contributed by atoms with Gasteiger partial charge >= 0.3 is 0 Å². The van der Waals surface area contributed by atoms with Gasteiger partial charge in [-0.05, 0) is 52.0 Å². The predicted molar refractivity (Wildman–Crippen MR) is 68.1 cm³/mol. The van der Waals surface area contributed by atoms with E-state index in [0.29, 0.717) is 17.1 Å². The second-order valence-corrected chi connectivity index (χ2v) is 4.67. The Bertz CT molecular complexity index is 336. The minimum Gasteiger partial charge on any atom is -0.273 e. The maximum Gasteiger partial charge on any atom is 0.0875 e. The first-order valence-corrected chi connectivity index (χ1v) is 5.84. The molecule has 4 heteroatoms. The monoisotopic (exact) mass is 239 g/mol. The summed E-state index contributed by atoms with van der Waals surface area (Å²) in [6.45, 7) is 8.39. The topological polar surface area (TPSA) is 28.0 Å². The number of hydrogen-bond donors (Lipinski definition) is 0. The molecule has 1 aromatic rings. The summed E-state index contributed by atoms with van der Waals surface area (Å²) in [6.07, 6.45) is 0. The van der Waals surface area contributed by atoms with E-state index in [1.54, 1.807) is 0 Å². The van der Waals surface area contributed by atoms with Crippen molar-refractivity contribution >= 4 is 17.3 Å². The van der Waals surface area contributed by atoms with E-state index in [9.17, 15) is 0 Å². The smallest absolute Gasteiger partial charge is 0.0875 e. The maximum absolute atomic E-state index is 5.79. The van der Waals surface area contributed by atoms with Gasteiger partial charge in [-0.1, -0.05) is 16.8 Å². The van der Waals surface area contributed by atoms with Crippen molar-refractivity contribution in [2.24, 2.45) is 10.3 Å². The fraction of sp³-hybridized carbons (Fsp3) is 0.500. The lowest BCUT2D eigenvalue weighted by Gasteiger charge is -2.25. The van der Waals surface area contributed by atoms with Crippen LogP contribution in [0.3, 0.4) is 0 Å². The van der Waals surface area contributed by atoms with Crippen LogP contribution in [0.4, 0.5) is 5.69 Å². The Morgan fingerprint density at radius 3 is 1.94 bits per heavy atom. The molecule has 0 aliphatic rings. The van der Waals surface area contributed by atoms with Gasteiger partial charge in [0, 0.05) is 17.1 Å². The lowest BCUT2D eigenvalue weighted by molar-refractivity contribution is 0.169. The van der Waals surface area contributed by atoms with E-state index in [2.05, 4.69) is 38.0 Å². The molecule has 0 heterocycles. The molecular formula is C12H18ClN3. The molecule has 0 bridgehead atoms. The van der Waals surface area contributed by atoms with Crippen LogP contribution in [0.15, 0.2) is 34.6 Å². The Hall–Kier alpha value is -1.09. The highest BCUT2D eigenvalue weighted by atomic mass is 35.5. The molecule has 0 fully saturated rings. The van der Waals surface area contributed by atoms with Gasteiger partial charge in [0.1, 0.15) is 0 Å². The Balaban J connectivity index is 2.74. The molecule has 0 atom stereocenters. The standard InChI is InChI=1S/C12H18ClN3/c1-9(2)16(10(3)4)15-14-12-7-5-11(13)6-8-12/h5-10H,1-4H3. The van der Waals surface area contributed by atoms with Crippen LogP contribution in [0.1, 0.15) is 27.7 Å². The molecule has 0 radical (unpaired) electrons. The van der Waals surface area contributed by atoms with Crippen LogP contribution in [0.25, 0.3) is 0 Å². The fourth-order valence-electron chi connectivity index (χ4n) is 1.41. The summed E-state index contributed by atoms with van der Waals surface area (Å²) < 4.78 is 0. The first-order chi connectivity index (χ1) is 7.50. The molecule has 1 rings (SSSR count). The molecule has 0 saturated heterocycles. The summed E-state index contributed by atoms with van der Waals surface area (Å²) in [7, 11) is 0. The second-order valence-electron chi connectivity index (χ2n) is 4.23. The molecule has 0 aliphatic heterocycles. The number of nitrogens with zero attached hydrogens (tertiary/aromatic N) is 3. The summed E-state index contributed by atoms with van der Waals surface area (Å²) in [6, 6.07) is 8.01. The van der Waals surface area contributed by atoms with E-state index < -0.39 is 0 Å². The second kappa shape index (κ2) is 5.85. The number of hydrogen-bond acceptors (Lipinski definition) is 2. The van der Waals surface area contributed by atoms with Crippen molar-refractivity contribution in [1.82, 2.24) is 5.01 Å². The quantitative estimate of drug-likeness (QED) is 0.563. The zero-order valence-corrected chi connectivity index (χ0v) is 10.9. The molecule has 0 aromatic heterocycles. The first kappa shape index (κ1) is 13.0. The minimum atomic E-state index is 0.344. The van der Waals surface area contributed by atoms with E-state index in [0.717, 1.165) is 5.69 Å². The molecular weight excluding hydrogens is 222 g/mol. The molecule has 16 heavy (non-hydrogen) atoms. The number of halogens is 1. The van der Waals surface area contributed by atoms with Crippen LogP contribution in [-0.4, -0.2) is 17.1 Å². The zero-order valence-electron chi connectivity index (χ0n) is 10.2. The number of rotatable bonds is 4. The van der Waals surface area contributed by atoms with Gasteiger partial charge in [-0.25, -0.2) is 0 Å². The van der Waals surface area contributed by atoms with Crippen molar-refractivity contribution in [3.63, 3.8) is 0 Å². The summed E-state index contributed by atoms with van der Waals surface area (Å²) in [5.74, 6) is 0. The van der Waals surface area contributed by atoms with E-state index in [1.807, 2.05) is 29.3 Å². The van der Waals surface area contributed by atoms with E-state index in [4.69, 9.17) is 11.6 Å². The van der Waals surface area contributed by atoms with E-state index >= 15 is 0 Å². The van der Waals surface area contributed by atoms with E-state index in [1.165, 1.54) is 0 Å². The minimum absolute atomic E-state index is 0.344. The Morgan fingerprint density at radius 1 is 1.00 bits per heavy atom. The van der Waals surface area contributed by atoms with Gasteiger partial charge in [0.15, 0.2) is 0 Å². The maximum atomic E-state index is 5.79. The molecule has 0 spiro atoms. The highest BCUT2D eigenvalue weighted by Gasteiger charge is 2.10. The molecule has 0 aliphatic carbocycles. The van der Waals surface area contributed by atoms with E-state index in [-0.39, 0.29) is 0 Å². The third-order valence-electron chi connectivity index (χ3n) is 2.15. The van der Waals surface area contributed by atoms with Crippen LogP contribution in [0.5, 0.6) is 0 Å². The number of benzene rings is 1. The van der Waals surface area contributed by atoms with Crippen molar-refractivity contribution < 1.29 is 0 Å². The highest BCUT2D eigenvalue weighted by Crippen LogP contribution is 2.17. The fourth-order valence-corrected chi connectivity index (χ4v) is 1.54. The largest absolute Gasteiger partial charge is 0.273 e. The van der Waals surface area contributed by atoms with Gasteiger partial charge in [-0.3, -0.25) is 5.01 Å². The third kappa shape index (κ3) is 3.81. The van der Waals surface area contributed by atoms with Crippen LogP contribution in [-0.2, 0) is 0 Å². The SMILES string of the molecule is CC(C)N(N=Nc1ccc(Cl)cc1)C(C)C. The average Bonchev–Trinajstić information content (AvgIpc) is 2.20. The van der Waals surface area contributed by atoms with Gasteiger partial charge in [-0.2, -0.15) is 0 Å². The van der Waals surface area contributed by atoms with Crippen molar-refractivity contribution in [3.8, 4) is 0 Å². The molecule has 0 unspecified atom stereocenters. The first-order valence-electron chi connectivity index (χ1n) is 5.46. The summed E-state index contributed by atoms with van der Waals surface area (Å²) >= 11 is 5.79. The van der Waals surface area contributed by atoms with Gasteiger partial charge < -0.3 is 0 Å². The van der Waals surface area contributed by atoms with Crippen LogP contribution < -0.4 is 0 Å². The van der Waals surface area contributed by atoms with Crippen molar-refractivity contribution in [2.45, 2.75) is 39.8 Å². The van der Waals surface area contributed by atoms with Crippen LogP contribution in [0, 0.1) is 0 Å². The zero-order chi connectivity index (χ0) is 12.1. The molecule has 88 valence electrons. The van der Waals surface area contributed by atoms with Gasteiger partial charge in [0.25, 0.3) is 0 Å². The van der Waals surface area contributed by atoms with Crippen molar-refractivity contribution in [3.05, 3.63) is 29.3 Å². The Kier molecular flexibility index (Phi) is 4.74. The molecule has 0 amide bonds. The lowest BCUT2D eigenvalue weighted by Crippen LogP contribution is -2.31. The predicted octanol–water partition coefficient (Wildman–Crippen LogP) is 4.46. The summed E-state index contributed by atoms with van der Waals surface area (Å²) in [5, 5.41) is 11.1. The van der Waals surface area contributed by atoms with Crippen molar-refractivity contribution in [2.75, 3.05) is 0 Å². The molecule has 3 nitrogen and oxygen atoms in total. The normalized spacial score (nSPS) is 11.7. The highest BCUT2D eigenvalue weighted by molar-refractivity contribution is 6.30. The molecule has 0 saturated carbocycles. The Morgan fingerprint density at radius 2 is 1.50 bits per heavy atom. The van der Waals surface area contributed by atoms with Crippen LogP contribution in [0.2, 0.25) is 5.02 Å². The van der Waals surface area contributed by atoms with Gasteiger partial charge in [-0.15, -0.1) is 5.11 Å². The van der Waals surface area contributed by atoms with Gasteiger partial charge in [0.05, 0.1) is 5.69 Å².